The van der Waals surface area contributed by atoms with E-state index in [0.29, 0.717) is 6.42 Å². The van der Waals surface area contributed by atoms with Crippen molar-refractivity contribution in [2.75, 3.05) is 25.4 Å². The minimum atomic E-state index is -0.697. The normalized spacial score (nSPS) is 17.8. The number of hydrogen-bond donors (Lipinski definition) is 1. The van der Waals surface area contributed by atoms with Crippen molar-refractivity contribution in [3.05, 3.63) is 35.9 Å². The third-order valence-corrected chi connectivity index (χ3v) is 4.90. The number of rotatable bonds is 7. The molecule has 0 bridgehead atoms. The lowest BCUT2D eigenvalue weighted by Crippen LogP contribution is -2.32. The molecule has 1 aliphatic heterocycles. The van der Waals surface area contributed by atoms with Gasteiger partial charge < -0.3 is 10.0 Å². The molecule has 1 atom stereocenters. The van der Waals surface area contributed by atoms with Crippen LogP contribution in [-0.2, 0) is 11.2 Å². The van der Waals surface area contributed by atoms with Crippen LogP contribution in [0.15, 0.2) is 30.3 Å². The van der Waals surface area contributed by atoms with Crippen molar-refractivity contribution in [1.82, 2.24) is 4.90 Å². The summed E-state index contributed by atoms with van der Waals surface area (Å²) < 4.78 is 0. The molecule has 4 heteroatoms. The minimum Gasteiger partial charge on any atom is -0.480 e. The summed E-state index contributed by atoms with van der Waals surface area (Å²) in [5.41, 5.74) is 1.10. The van der Waals surface area contributed by atoms with Crippen LogP contribution in [-0.4, -0.2) is 46.6 Å². The van der Waals surface area contributed by atoms with E-state index in [2.05, 4.69) is 4.90 Å². The average Bonchev–Trinajstić information content (AvgIpc) is 2.48. The van der Waals surface area contributed by atoms with Gasteiger partial charge in [0.05, 0.1) is 0 Å². The number of piperidine rings is 1. The number of carboxylic acid groups (broad SMARTS) is 1. The molecule has 0 aromatic heterocycles. The molecule has 2 rings (SSSR count). The van der Waals surface area contributed by atoms with Gasteiger partial charge in [0.1, 0.15) is 5.25 Å². The highest BCUT2D eigenvalue weighted by molar-refractivity contribution is 8.00. The summed E-state index contributed by atoms with van der Waals surface area (Å²) in [7, 11) is 0. The lowest BCUT2D eigenvalue weighted by Gasteiger charge is -2.26. The maximum Gasteiger partial charge on any atom is 0.316 e. The van der Waals surface area contributed by atoms with E-state index in [1.165, 1.54) is 32.4 Å². The summed E-state index contributed by atoms with van der Waals surface area (Å²) in [6.45, 7) is 3.37. The van der Waals surface area contributed by atoms with Gasteiger partial charge in [-0.25, -0.2) is 0 Å². The van der Waals surface area contributed by atoms with Gasteiger partial charge in [-0.3, -0.25) is 4.79 Å². The van der Waals surface area contributed by atoms with Crippen LogP contribution in [0.5, 0.6) is 0 Å². The van der Waals surface area contributed by atoms with Crippen molar-refractivity contribution in [3.8, 4) is 0 Å². The first kappa shape index (κ1) is 15.4. The lowest BCUT2D eigenvalue weighted by molar-refractivity contribution is -0.136. The molecule has 1 aromatic carbocycles. The molecule has 1 N–H and O–H groups in total. The van der Waals surface area contributed by atoms with Crippen LogP contribution in [0.25, 0.3) is 0 Å². The van der Waals surface area contributed by atoms with Crippen LogP contribution in [0.2, 0.25) is 0 Å². The van der Waals surface area contributed by atoms with Gasteiger partial charge in [-0.15, -0.1) is 11.8 Å². The second kappa shape index (κ2) is 8.32. The van der Waals surface area contributed by atoms with E-state index in [9.17, 15) is 9.90 Å². The average molecular weight is 293 g/mol. The quantitative estimate of drug-likeness (QED) is 0.839. The molecule has 1 aromatic rings. The molecule has 110 valence electrons. The van der Waals surface area contributed by atoms with E-state index in [4.69, 9.17) is 0 Å². The number of nitrogens with zero attached hydrogens (tertiary/aromatic N) is 1. The summed E-state index contributed by atoms with van der Waals surface area (Å²) in [4.78, 5) is 13.8. The Balaban J connectivity index is 1.76. The molecule has 0 spiro atoms. The maximum absolute atomic E-state index is 11.4. The van der Waals surface area contributed by atoms with Crippen molar-refractivity contribution >= 4 is 17.7 Å². The summed E-state index contributed by atoms with van der Waals surface area (Å²) >= 11 is 1.58. The Labute approximate surface area is 125 Å². The molecule has 1 aliphatic rings. The van der Waals surface area contributed by atoms with Crippen LogP contribution in [0, 0.1) is 0 Å². The Morgan fingerprint density at radius 1 is 1.20 bits per heavy atom. The smallest absolute Gasteiger partial charge is 0.316 e. The number of carbonyl (C=O) groups is 1. The van der Waals surface area contributed by atoms with Gasteiger partial charge in [-0.2, -0.15) is 0 Å². The molecule has 1 unspecified atom stereocenters. The van der Waals surface area contributed by atoms with Crippen molar-refractivity contribution in [1.29, 1.82) is 0 Å². The summed E-state index contributed by atoms with van der Waals surface area (Å²) in [5, 5.41) is 9.01. The fraction of sp³-hybridized carbons (Fsp3) is 0.562. The third kappa shape index (κ3) is 5.17. The fourth-order valence-electron chi connectivity index (χ4n) is 2.55. The topological polar surface area (TPSA) is 40.5 Å². The van der Waals surface area contributed by atoms with Gasteiger partial charge in [0.25, 0.3) is 0 Å². The standard InChI is InChI=1S/C16H23NO2S/c18-16(19)15(13-14-7-3-1-4-8-14)20-12-11-17-9-5-2-6-10-17/h1,3-4,7-8,15H,2,5-6,9-13H2,(H,18,19). The van der Waals surface area contributed by atoms with Crippen molar-refractivity contribution < 1.29 is 9.90 Å². The highest BCUT2D eigenvalue weighted by Gasteiger charge is 2.19. The van der Waals surface area contributed by atoms with Crippen molar-refractivity contribution in [2.45, 2.75) is 30.9 Å². The van der Waals surface area contributed by atoms with E-state index < -0.39 is 5.97 Å². The zero-order chi connectivity index (χ0) is 14.2. The Kier molecular flexibility index (Phi) is 6.40. The predicted octanol–water partition coefficient (Wildman–Crippen LogP) is 2.90. The van der Waals surface area contributed by atoms with Gasteiger partial charge in [0.15, 0.2) is 0 Å². The van der Waals surface area contributed by atoms with Crippen LogP contribution < -0.4 is 0 Å². The zero-order valence-electron chi connectivity index (χ0n) is 11.8. The van der Waals surface area contributed by atoms with Crippen LogP contribution >= 0.6 is 11.8 Å². The Morgan fingerprint density at radius 3 is 2.55 bits per heavy atom. The van der Waals surface area contributed by atoms with E-state index in [-0.39, 0.29) is 5.25 Å². The first-order valence-electron chi connectivity index (χ1n) is 7.36. The second-order valence-corrected chi connectivity index (χ2v) is 6.60. The number of carboxylic acids is 1. The van der Waals surface area contributed by atoms with Gasteiger partial charge in [-0.05, 0) is 37.9 Å². The molecular formula is C16H23NO2S. The van der Waals surface area contributed by atoms with Crippen LogP contribution in [0.4, 0.5) is 0 Å². The molecule has 1 heterocycles. The molecular weight excluding hydrogens is 270 g/mol. The lowest BCUT2D eigenvalue weighted by atomic mass is 10.1. The highest BCUT2D eigenvalue weighted by Crippen LogP contribution is 2.18. The Hall–Kier alpha value is -1.00. The van der Waals surface area contributed by atoms with E-state index in [1.54, 1.807) is 11.8 Å². The summed E-state index contributed by atoms with van der Waals surface area (Å²) in [6.07, 6.45) is 4.53. The number of thioether (sulfide) groups is 1. The molecule has 0 amide bonds. The Morgan fingerprint density at radius 2 is 1.90 bits per heavy atom. The van der Waals surface area contributed by atoms with Crippen molar-refractivity contribution in [2.24, 2.45) is 0 Å². The molecule has 20 heavy (non-hydrogen) atoms. The Bertz CT molecular complexity index is 404. The van der Waals surface area contributed by atoms with E-state index in [1.807, 2.05) is 30.3 Å². The molecule has 0 saturated carbocycles. The molecule has 0 aliphatic carbocycles. The number of hydrogen-bond acceptors (Lipinski definition) is 3. The minimum absolute atomic E-state index is 0.331. The van der Waals surface area contributed by atoms with Gasteiger partial charge in [0, 0.05) is 12.3 Å². The molecule has 1 fully saturated rings. The highest BCUT2D eigenvalue weighted by atomic mass is 32.2. The molecule has 3 nitrogen and oxygen atoms in total. The summed E-state index contributed by atoms with van der Waals surface area (Å²) in [5.74, 6) is 0.210. The monoisotopic (exact) mass is 293 g/mol. The fourth-order valence-corrected chi connectivity index (χ4v) is 3.65. The second-order valence-electron chi connectivity index (χ2n) is 5.29. The SMILES string of the molecule is O=C(O)C(Cc1ccccc1)SCCN1CCCCC1. The van der Waals surface area contributed by atoms with E-state index >= 15 is 0 Å². The first-order chi connectivity index (χ1) is 9.75. The van der Waals surface area contributed by atoms with Gasteiger partial charge in [-0.1, -0.05) is 36.8 Å². The zero-order valence-corrected chi connectivity index (χ0v) is 12.6. The van der Waals surface area contributed by atoms with Crippen LogP contribution in [0.3, 0.4) is 0 Å². The van der Waals surface area contributed by atoms with Gasteiger partial charge >= 0.3 is 5.97 Å². The van der Waals surface area contributed by atoms with Gasteiger partial charge in [0.2, 0.25) is 0 Å². The molecule has 1 saturated heterocycles. The molecule has 0 radical (unpaired) electrons. The predicted molar refractivity (Wildman–Crippen MR) is 84.3 cm³/mol. The van der Waals surface area contributed by atoms with Crippen molar-refractivity contribution in [3.63, 3.8) is 0 Å². The number of aliphatic carboxylic acids is 1. The third-order valence-electron chi connectivity index (χ3n) is 3.71. The number of benzene rings is 1. The summed E-state index contributed by atoms with van der Waals surface area (Å²) in [6, 6.07) is 9.89. The first-order valence-corrected chi connectivity index (χ1v) is 8.41. The van der Waals surface area contributed by atoms with E-state index in [0.717, 1.165) is 17.9 Å². The largest absolute Gasteiger partial charge is 0.480 e. The van der Waals surface area contributed by atoms with Crippen LogP contribution in [0.1, 0.15) is 24.8 Å². The number of likely N-dealkylation sites (tertiary alicyclic amines) is 1. The maximum atomic E-state index is 11.4.